The zero-order valence-electron chi connectivity index (χ0n) is 15.9. The number of benzene rings is 1. The van der Waals surface area contributed by atoms with Crippen molar-refractivity contribution in [2.45, 2.75) is 92.5 Å². The molecule has 1 fully saturated rings. The van der Waals surface area contributed by atoms with Gasteiger partial charge in [0.15, 0.2) is 0 Å². The largest absolute Gasteiger partial charge is 0.382 e. The van der Waals surface area contributed by atoms with Crippen molar-refractivity contribution in [2.24, 2.45) is 5.92 Å². The molecule has 1 heteroatoms. The van der Waals surface area contributed by atoms with E-state index in [1.807, 2.05) is 13.8 Å². The molecule has 1 N–H and O–H groups in total. The highest BCUT2D eigenvalue weighted by Gasteiger charge is 2.17. The van der Waals surface area contributed by atoms with Crippen LogP contribution in [0.2, 0.25) is 0 Å². The molecule has 1 saturated carbocycles. The molecule has 128 valence electrons. The zero-order valence-corrected chi connectivity index (χ0v) is 15.9. The van der Waals surface area contributed by atoms with Gasteiger partial charge in [0.1, 0.15) is 0 Å². The smallest absolute Gasteiger partial charge is 0.0342 e. The fraction of sp³-hybridized carbons (Fsp3) is 0.714. The van der Waals surface area contributed by atoms with Gasteiger partial charge in [-0.1, -0.05) is 84.4 Å². The summed E-state index contributed by atoms with van der Waals surface area (Å²) >= 11 is 0. The predicted molar refractivity (Wildman–Crippen MR) is 103 cm³/mol. The normalized spacial score (nSPS) is 12.9. The average Bonchev–Trinajstić information content (AvgIpc) is 3.37. The number of rotatable bonds is 7. The summed E-state index contributed by atoms with van der Waals surface area (Å²) in [5.74, 6) is 1.13. The van der Waals surface area contributed by atoms with Gasteiger partial charge in [0.25, 0.3) is 0 Å². The van der Waals surface area contributed by atoms with Crippen LogP contribution in [0.15, 0.2) is 24.3 Å². The van der Waals surface area contributed by atoms with E-state index in [0.29, 0.717) is 6.04 Å². The number of nitrogens with one attached hydrogen (secondary N) is 1. The third-order valence-electron chi connectivity index (χ3n) is 3.97. The highest BCUT2D eigenvalue weighted by atomic mass is 14.9. The van der Waals surface area contributed by atoms with Gasteiger partial charge in [-0.3, -0.25) is 0 Å². The van der Waals surface area contributed by atoms with Gasteiger partial charge in [-0.05, 0) is 37.8 Å². The molecule has 0 heterocycles. The minimum Gasteiger partial charge on any atom is -0.382 e. The van der Waals surface area contributed by atoms with E-state index in [2.05, 4.69) is 57.3 Å². The summed E-state index contributed by atoms with van der Waals surface area (Å²) in [4.78, 5) is 0. The Morgan fingerprint density at radius 3 is 1.77 bits per heavy atom. The Bertz CT molecular complexity index is 331. The maximum atomic E-state index is 3.61. The van der Waals surface area contributed by atoms with Crippen molar-refractivity contribution in [3.8, 4) is 0 Å². The molecule has 0 aliphatic heterocycles. The van der Waals surface area contributed by atoms with E-state index in [1.54, 1.807) is 0 Å². The third kappa shape index (κ3) is 10.7. The maximum Gasteiger partial charge on any atom is 0.0342 e. The quantitative estimate of drug-likeness (QED) is 0.561. The fourth-order valence-electron chi connectivity index (χ4n) is 2.40. The minimum atomic E-state index is 0.641. The lowest BCUT2D eigenvalue weighted by atomic mass is 10.1. The van der Waals surface area contributed by atoms with Crippen molar-refractivity contribution >= 4 is 5.69 Å². The van der Waals surface area contributed by atoms with Gasteiger partial charge in [0, 0.05) is 11.7 Å². The predicted octanol–water partition coefficient (Wildman–Crippen LogP) is 7.21. The molecule has 0 radical (unpaired) electrons. The SMILES string of the molecule is CC.CCC1CC1.CCCC(CCC)Nc1ccc(C)cc1. The molecule has 0 bridgehead atoms. The summed E-state index contributed by atoms with van der Waals surface area (Å²) in [6.45, 7) is 12.9. The van der Waals surface area contributed by atoms with Crippen molar-refractivity contribution in [1.82, 2.24) is 0 Å². The molecule has 22 heavy (non-hydrogen) atoms. The van der Waals surface area contributed by atoms with Crippen LogP contribution in [0, 0.1) is 12.8 Å². The third-order valence-corrected chi connectivity index (χ3v) is 3.97. The molecule has 2 rings (SSSR count). The van der Waals surface area contributed by atoms with Crippen LogP contribution in [0.5, 0.6) is 0 Å². The molecule has 1 aromatic carbocycles. The topological polar surface area (TPSA) is 12.0 Å². The highest BCUT2D eigenvalue weighted by molar-refractivity contribution is 5.45. The Morgan fingerprint density at radius 2 is 1.45 bits per heavy atom. The summed E-state index contributed by atoms with van der Waals surface area (Å²) in [5.41, 5.74) is 2.58. The molecular formula is C21H39N. The van der Waals surface area contributed by atoms with Crippen LogP contribution in [-0.2, 0) is 0 Å². The molecule has 0 saturated heterocycles. The van der Waals surface area contributed by atoms with E-state index in [0.717, 1.165) is 5.92 Å². The van der Waals surface area contributed by atoms with E-state index in [1.165, 1.54) is 56.2 Å². The van der Waals surface area contributed by atoms with Crippen molar-refractivity contribution in [3.05, 3.63) is 29.8 Å². The Hall–Kier alpha value is -0.980. The first-order valence-electron chi connectivity index (χ1n) is 9.52. The van der Waals surface area contributed by atoms with Gasteiger partial charge in [-0.2, -0.15) is 0 Å². The highest BCUT2D eigenvalue weighted by Crippen LogP contribution is 2.31. The molecular weight excluding hydrogens is 266 g/mol. The molecule has 1 nitrogen and oxygen atoms in total. The molecule has 1 aliphatic rings. The molecule has 0 unspecified atom stereocenters. The Labute approximate surface area is 139 Å². The first kappa shape index (κ1) is 21.0. The Morgan fingerprint density at radius 1 is 0.955 bits per heavy atom. The van der Waals surface area contributed by atoms with Crippen molar-refractivity contribution in [3.63, 3.8) is 0 Å². The van der Waals surface area contributed by atoms with Crippen molar-refractivity contribution in [1.29, 1.82) is 0 Å². The van der Waals surface area contributed by atoms with E-state index in [4.69, 9.17) is 0 Å². The van der Waals surface area contributed by atoms with Crippen LogP contribution in [0.3, 0.4) is 0 Å². The Balaban J connectivity index is 0.000000522. The Kier molecular flexibility index (Phi) is 13.1. The summed E-state index contributed by atoms with van der Waals surface area (Å²) < 4.78 is 0. The number of aryl methyl sites for hydroxylation is 1. The van der Waals surface area contributed by atoms with Gasteiger partial charge in [0.2, 0.25) is 0 Å². The van der Waals surface area contributed by atoms with Crippen LogP contribution in [0.25, 0.3) is 0 Å². The van der Waals surface area contributed by atoms with Crippen LogP contribution in [0.1, 0.15) is 85.1 Å². The molecule has 0 spiro atoms. The molecule has 0 amide bonds. The second kappa shape index (κ2) is 13.7. The first-order valence-corrected chi connectivity index (χ1v) is 9.52. The van der Waals surface area contributed by atoms with Crippen LogP contribution in [-0.4, -0.2) is 6.04 Å². The van der Waals surface area contributed by atoms with Gasteiger partial charge in [0.05, 0.1) is 0 Å². The van der Waals surface area contributed by atoms with Gasteiger partial charge >= 0.3 is 0 Å². The van der Waals surface area contributed by atoms with Crippen LogP contribution < -0.4 is 5.32 Å². The maximum absolute atomic E-state index is 3.61. The van der Waals surface area contributed by atoms with Crippen molar-refractivity contribution in [2.75, 3.05) is 5.32 Å². The number of anilines is 1. The zero-order chi connectivity index (χ0) is 16.8. The van der Waals surface area contributed by atoms with E-state index < -0.39 is 0 Å². The average molecular weight is 306 g/mol. The summed E-state index contributed by atoms with van der Waals surface area (Å²) in [6.07, 6.45) is 9.48. The standard InChI is InChI=1S/C14H23N.C5H10.C2H6/c1-4-6-13(7-5-2)15-14-10-8-12(3)9-11-14;1-2-5-3-4-5;1-2/h8-11,13,15H,4-7H2,1-3H3;5H,2-4H2,1H3;1-2H3. The van der Waals surface area contributed by atoms with Gasteiger partial charge < -0.3 is 5.32 Å². The monoisotopic (exact) mass is 305 g/mol. The van der Waals surface area contributed by atoms with Gasteiger partial charge in [-0.15, -0.1) is 0 Å². The number of hydrogen-bond donors (Lipinski definition) is 1. The summed E-state index contributed by atoms with van der Waals surface area (Å²) in [7, 11) is 0. The van der Waals surface area contributed by atoms with Gasteiger partial charge in [-0.25, -0.2) is 0 Å². The first-order chi connectivity index (χ1) is 10.7. The van der Waals surface area contributed by atoms with Crippen LogP contribution in [0.4, 0.5) is 5.69 Å². The fourth-order valence-corrected chi connectivity index (χ4v) is 2.40. The lowest BCUT2D eigenvalue weighted by molar-refractivity contribution is 0.586. The second-order valence-electron chi connectivity index (χ2n) is 6.14. The molecule has 0 atom stereocenters. The van der Waals surface area contributed by atoms with E-state index >= 15 is 0 Å². The molecule has 1 aromatic rings. The summed E-state index contributed by atoms with van der Waals surface area (Å²) in [6, 6.07) is 9.32. The second-order valence-corrected chi connectivity index (χ2v) is 6.14. The van der Waals surface area contributed by atoms with Crippen molar-refractivity contribution < 1.29 is 0 Å². The lowest BCUT2D eigenvalue weighted by Crippen LogP contribution is -2.18. The minimum absolute atomic E-state index is 0.641. The molecule has 0 aromatic heterocycles. The van der Waals surface area contributed by atoms with E-state index in [9.17, 15) is 0 Å². The van der Waals surface area contributed by atoms with E-state index in [-0.39, 0.29) is 0 Å². The van der Waals surface area contributed by atoms with Crippen LogP contribution >= 0.6 is 0 Å². The summed E-state index contributed by atoms with van der Waals surface area (Å²) in [5, 5.41) is 3.61. The number of hydrogen-bond acceptors (Lipinski definition) is 1. The lowest BCUT2D eigenvalue weighted by Gasteiger charge is -2.18. The molecule has 1 aliphatic carbocycles.